The average Bonchev–Trinajstić information content (AvgIpc) is 2.65. The van der Waals surface area contributed by atoms with E-state index in [0.717, 1.165) is 16.8 Å². The van der Waals surface area contributed by atoms with Crippen molar-refractivity contribution in [2.24, 2.45) is 0 Å². The first kappa shape index (κ1) is 17.4. The van der Waals surface area contributed by atoms with Crippen LogP contribution in [0.25, 0.3) is 10.8 Å². The summed E-state index contributed by atoms with van der Waals surface area (Å²) in [5.74, 6) is -1.43. The second kappa shape index (κ2) is 8.11. The molecule has 0 saturated carbocycles. The maximum Gasteiger partial charge on any atom is 0.344 e. The highest BCUT2D eigenvalue weighted by Gasteiger charge is 2.10. The summed E-state index contributed by atoms with van der Waals surface area (Å²) in [4.78, 5) is 23.7. The van der Waals surface area contributed by atoms with Crippen LogP contribution in [0, 0.1) is 5.82 Å². The zero-order chi connectivity index (χ0) is 18.4. The minimum atomic E-state index is -0.720. The molecule has 0 saturated heterocycles. The molecule has 0 unspecified atom stereocenters. The van der Waals surface area contributed by atoms with Crippen molar-refractivity contribution in [3.63, 3.8) is 0 Å². The monoisotopic (exact) mass is 353 g/mol. The van der Waals surface area contributed by atoms with Crippen LogP contribution in [0.2, 0.25) is 0 Å². The lowest BCUT2D eigenvalue weighted by molar-refractivity contribution is -0.149. The van der Waals surface area contributed by atoms with Gasteiger partial charge in [0.1, 0.15) is 11.6 Å². The molecule has 0 spiro atoms. The zero-order valence-electron chi connectivity index (χ0n) is 13.8. The lowest BCUT2D eigenvalue weighted by Crippen LogP contribution is -2.23. The van der Waals surface area contributed by atoms with Gasteiger partial charge in [0.05, 0.1) is 0 Å². The van der Waals surface area contributed by atoms with Crippen LogP contribution in [-0.2, 0) is 14.3 Å². The third kappa shape index (κ3) is 4.57. The van der Waals surface area contributed by atoms with Crippen molar-refractivity contribution in [3.05, 3.63) is 72.5 Å². The van der Waals surface area contributed by atoms with Gasteiger partial charge < -0.3 is 14.8 Å². The molecular weight excluding hydrogens is 337 g/mol. The van der Waals surface area contributed by atoms with E-state index in [2.05, 4.69) is 5.32 Å². The first-order valence-electron chi connectivity index (χ1n) is 7.93. The van der Waals surface area contributed by atoms with Gasteiger partial charge >= 0.3 is 5.97 Å². The Kier molecular flexibility index (Phi) is 5.43. The summed E-state index contributed by atoms with van der Waals surface area (Å²) in [6.45, 7) is -0.848. The van der Waals surface area contributed by atoms with Crippen molar-refractivity contribution in [2.75, 3.05) is 18.5 Å². The summed E-state index contributed by atoms with van der Waals surface area (Å²) in [5, 5.41) is 4.60. The third-order valence-electron chi connectivity index (χ3n) is 3.58. The fraction of sp³-hybridized carbons (Fsp3) is 0.100. The van der Waals surface area contributed by atoms with E-state index in [1.165, 1.54) is 18.2 Å². The van der Waals surface area contributed by atoms with E-state index in [4.69, 9.17) is 9.47 Å². The van der Waals surface area contributed by atoms with Crippen LogP contribution in [0.3, 0.4) is 0 Å². The molecule has 0 heterocycles. The Bertz CT molecular complexity index is 937. The SMILES string of the molecule is O=C(COC(=O)COc1cccc(F)c1)Nc1cccc2ccccc12. The third-order valence-corrected chi connectivity index (χ3v) is 3.58. The van der Waals surface area contributed by atoms with Crippen molar-refractivity contribution >= 4 is 28.3 Å². The number of esters is 1. The van der Waals surface area contributed by atoms with Gasteiger partial charge in [-0.1, -0.05) is 42.5 Å². The van der Waals surface area contributed by atoms with E-state index >= 15 is 0 Å². The van der Waals surface area contributed by atoms with E-state index in [9.17, 15) is 14.0 Å². The van der Waals surface area contributed by atoms with Crippen molar-refractivity contribution in [2.45, 2.75) is 0 Å². The fourth-order valence-corrected chi connectivity index (χ4v) is 2.41. The number of rotatable bonds is 6. The van der Waals surface area contributed by atoms with Crippen molar-refractivity contribution in [1.82, 2.24) is 0 Å². The van der Waals surface area contributed by atoms with Gasteiger partial charge in [0, 0.05) is 17.1 Å². The molecule has 0 aromatic heterocycles. The molecule has 3 aromatic rings. The molecule has 0 fully saturated rings. The molecule has 0 aliphatic carbocycles. The summed E-state index contributed by atoms with van der Waals surface area (Å²) < 4.78 is 23.0. The minimum absolute atomic E-state index is 0.210. The predicted molar refractivity (Wildman–Crippen MR) is 95.4 cm³/mol. The Morgan fingerprint density at radius 1 is 0.923 bits per heavy atom. The maximum atomic E-state index is 13.0. The van der Waals surface area contributed by atoms with E-state index in [-0.39, 0.29) is 5.75 Å². The normalized spacial score (nSPS) is 10.3. The summed E-state index contributed by atoms with van der Waals surface area (Å²) in [7, 11) is 0. The highest BCUT2D eigenvalue weighted by atomic mass is 19.1. The molecule has 5 nitrogen and oxygen atoms in total. The number of carbonyl (C=O) groups excluding carboxylic acids is 2. The molecule has 1 N–H and O–H groups in total. The summed E-state index contributed by atoms with van der Waals surface area (Å²) in [6.07, 6.45) is 0. The Morgan fingerprint density at radius 3 is 2.54 bits per heavy atom. The Balaban J connectivity index is 1.50. The number of fused-ring (bicyclic) bond motifs is 1. The number of hydrogen-bond donors (Lipinski definition) is 1. The molecule has 6 heteroatoms. The fourth-order valence-electron chi connectivity index (χ4n) is 2.41. The van der Waals surface area contributed by atoms with Crippen molar-refractivity contribution in [3.8, 4) is 5.75 Å². The van der Waals surface area contributed by atoms with Crippen LogP contribution in [0.1, 0.15) is 0 Å². The van der Waals surface area contributed by atoms with E-state index in [1.807, 2.05) is 36.4 Å². The Hall–Kier alpha value is -3.41. The quantitative estimate of drug-likeness (QED) is 0.689. The van der Waals surface area contributed by atoms with Gasteiger partial charge in [-0.05, 0) is 23.6 Å². The number of nitrogens with one attached hydrogen (secondary N) is 1. The number of benzene rings is 3. The number of amides is 1. The number of carbonyl (C=O) groups is 2. The molecule has 0 aliphatic heterocycles. The molecular formula is C20H16FNO4. The zero-order valence-corrected chi connectivity index (χ0v) is 13.8. The molecule has 0 radical (unpaired) electrons. The predicted octanol–water partition coefficient (Wildman–Crippen LogP) is 3.54. The largest absolute Gasteiger partial charge is 0.482 e. The smallest absolute Gasteiger partial charge is 0.344 e. The van der Waals surface area contributed by atoms with E-state index < -0.39 is 30.9 Å². The lowest BCUT2D eigenvalue weighted by atomic mass is 10.1. The van der Waals surface area contributed by atoms with Gasteiger partial charge in [0.15, 0.2) is 13.2 Å². The molecule has 26 heavy (non-hydrogen) atoms. The van der Waals surface area contributed by atoms with Gasteiger partial charge in [0.2, 0.25) is 0 Å². The number of ether oxygens (including phenoxy) is 2. The van der Waals surface area contributed by atoms with Crippen molar-refractivity contribution in [1.29, 1.82) is 0 Å². The van der Waals surface area contributed by atoms with Crippen LogP contribution < -0.4 is 10.1 Å². The summed E-state index contributed by atoms with van der Waals surface area (Å²) in [6, 6.07) is 18.6. The number of anilines is 1. The molecule has 3 aromatic carbocycles. The van der Waals surface area contributed by atoms with Gasteiger partial charge in [-0.2, -0.15) is 0 Å². The van der Waals surface area contributed by atoms with Gasteiger partial charge in [0.25, 0.3) is 5.91 Å². The van der Waals surface area contributed by atoms with Crippen LogP contribution >= 0.6 is 0 Å². The second-order valence-corrected chi connectivity index (χ2v) is 5.48. The highest BCUT2D eigenvalue weighted by Crippen LogP contribution is 2.22. The molecule has 0 atom stereocenters. The lowest BCUT2D eigenvalue weighted by Gasteiger charge is -2.10. The molecule has 0 aliphatic rings. The number of halogens is 1. The van der Waals surface area contributed by atoms with E-state index in [0.29, 0.717) is 5.69 Å². The molecule has 1 amide bonds. The minimum Gasteiger partial charge on any atom is -0.482 e. The second-order valence-electron chi connectivity index (χ2n) is 5.48. The Morgan fingerprint density at radius 2 is 1.69 bits per heavy atom. The van der Waals surface area contributed by atoms with Crippen LogP contribution in [0.4, 0.5) is 10.1 Å². The van der Waals surface area contributed by atoms with Crippen LogP contribution in [0.15, 0.2) is 66.7 Å². The van der Waals surface area contributed by atoms with Gasteiger partial charge in [-0.3, -0.25) is 4.79 Å². The first-order valence-corrected chi connectivity index (χ1v) is 7.93. The van der Waals surface area contributed by atoms with Gasteiger partial charge in [-0.15, -0.1) is 0 Å². The Labute approximate surface area is 149 Å². The van der Waals surface area contributed by atoms with Gasteiger partial charge in [-0.25, -0.2) is 9.18 Å². The molecule has 0 bridgehead atoms. The van der Waals surface area contributed by atoms with E-state index in [1.54, 1.807) is 6.07 Å². The molecule has 3 rings (SSSR count). The highest BCUT2D eigenvalue weighted by molar-refractivity contribution is 6.02. The maximum absolute atomic E-state index is 13.0. The van der Waals surface area contributed by atoms with Crippen molar-refractivity contribution < 1.29 is 23.5 Å². The topological polar surface area (TPSA) is 64.6 Å². The molecule has 132 valence electrons. The summed E-state index contributed by atoms with van der Waals surface area (Å²) in [5.41, 5.74) is 0.639. The van der Waals surface area contributed by atoms with Crippen LogP contribution in [0.5, 0.6) is 5.75 Å². The van der Waals surface area contributed by atoms with Crippen LogP contribution in [-0.4, -0.2) is 25.1 Å². The summed E-state index contributed by atoms with van der Waals surface area (Å²) >= 11 is 0. The first-order chi connectivity index (χ1) is 12.6. The standard InChI is InChI=1S/C20H16FNO4/c21-15-7-4-8-16(11-15)25-13-20(24)26-12-19(23)22-18-10-3-6-14-5-1-2-9-17(14)18/h1-11H,12-13H2,(H,22,23). The number of hydrogen-bond acceptors (Lipinski definition) is 4. The average molecular weight is 353 g/mol.